The molecular weight excluding hydrogens is 396 g/mol. The van der Waals surface area contributed by atoms with Crippen LogP contribution < -0.4 is 10.6 Å². The highest BCUT2D eigenvalue weighted by molar-refractivity contribution is 5.95. The van der Waals surface area contributed by atoms with Gasteiger partial charge in [0.1, 0.15) is 29.8 Å². The molecule has 0 radical (unpaired) electrons. The predicted molar refractivity (Wildman–Crippen MR) is 103 cm³/mol. The van der Waals surface area contributed by atoms with Gasteiger partial charge in [0.15, 0.2) is 6.23 Å². The van der Waals surface area contributed by atoms with E-state index in [1.54, 1.807) is 0 Å². The van der Waals surface area contributed by atoms with E-state index in [2.05, 4.69) is 10.6 Å². The van der Waals surface area contributed by atoms with Gasteiger partial charge < -0.3 is 40.9 Å². The van der Waals surface area contributed by atoms with Crippen LogP contribution in [0.3, 0.4) is 0 Å². The number of amides is 2. The van der Waals surface area contributed by atoms with E-state index < -0.39 is 54.4 Å². The van der Waals surface area contributed by atoms with Gasteiger partial charge in [-0.25, -0.2) is 0 Å². The molecule has 3 rings (SSSR count). The quantitative estimate of drug-likeness (QED) is 0.334. The zero-order valence-electron chi connectivity index (χ0n) is 16.6. The Morgan fingerprint density at radius 1 is 0.933 bits per heavy atom. The van der Waals surface area contributed by atoms with Crippen LogP contribution in [0.4, 0.5) is 0 Å². The summed E-state index contributed by atoms with van der Waals surface area (Å²) in [6, 6.07) is 3.04. The Morgan fingerprint density at radius 2 is 1.57 bits per heavy atom. The van der Waals surface area contributed by atoms with Gasteiger partial charge in [0.25, 0.3) is 5.91 Å². The molecule has 30 heavy (non-hydrogen) atoms. The first-order chi connectivity index (χ1) is 14.2. The molecule has 166 valence electrons. The average Bonchev–Trinajstić information content (AvgIpc) is 2.70. The van der Waals surface area contributed by atoms with Gasteiger partial charge in [-0.1, -0.05) is 12.8 Å². The molecule has 0 aromatic heterocycles. The minimum absolute atomic E-state index is 0.0641. The number of aliphatic hydroxyl groups excluding tert-OH is 3. The third-order valence-corrected chi connectivity index (χ3v) is 5.72. The first kappa shape index (κ1) is 22.3. The molecule has 2 aliphatic rings. The first-order valence-corrected chi connectivity index (χ1v) is 10.0. The molecule has 0 bridgehead atoms. The number of rotatable bonds is 4. The molecule has 1 aliphatic heterocycles. The number of hydrogen-bond donors (Lipinski definition) is 7. The van der Waals surface area contributed by atoms with Crippen molar-refractivity contribution in [3.05, 3.63) is 23.8 Å². The van der Waals surface area contributed by atoms with Gasteiger partial charge in [-0.3, -0.25) is 9.59 Å². The highest BCUT2D eigenvalue weighted by Gasteiger charge is 2.43. The van der Waals surface area contributed by atoms with Crippen molar-refractivity contribution in [1.29, 1.82) is 0 Å². The standard InChI is InChI=1S/C20H28N2O8/c1-9-15(25)16(26)17(27)20(30-9)22-19(29)13-4-2-3-5-14(13)21-18(28)10-6-11(23)8-12(24)7-10/h6-9,13-17,20,23-27H,2-5H2,1H3,(H,21,28)(H,22,29)/t9-,13-,14-,15+,16+,17-,20+/m0/s1. The van der Waals surface area contributed by atoms with Crippen molar-refractivity contribution in [2.45, 2.75) is 69.3 Å². The summed E-state index contributed by atoms with van der Waals surface area (Å²) >= 11 is 0. The summed E-state index contributed by atoms with van der Waals surface area (Å²) in [4.78, 5) is 25.4. The Bertz CT molecular complexity index is 768. The topological polar surface area (TPSA) is 169 Å². The summed E-state index contributed by atoms with van der Waals surface area (Å²) in [6.45, 7) is 1.52. The molecule has 0 spiro atoms. The molecule has 1 aromatic carbocycles. The van der Waals surface area contributed by atoms with Gasteiger partial charge in [-0.2, -0.15) is 0 Å². The summed E-state index contributed by atoms with van der Waals surface area (Å²) in [5.74, 6) is -2.08. The van der Waals surface area contributed by atoms with Gasteiger partial charge in [0.05, 0.1) is 12.0 Å². The number of aromatic hydroxyl groups is 2. The average molecular weight is 424 g/mol. The Balaban J connectivity index is 1.67. The van der Waals surface area contributed by atoms with Crippen LogP contribution in [-0.4, -0.2) is 74.0 Å². The number of phenolic OH excluding ortho intramolecular Hbond substituents is 2. The van der Waals surface area contributed by atoms with Gasteiger partial charge in [0, 0.05) is 17.7 Å². The van der Waals surface area contributed by atoms with Crippen LogP contribution >= 0.6 is 0 Å². The Morgan fingerprint density at radius 3 is 2.23 bits per heavy atom. The van der Waals surface area contributed by atoms with E-state index >= 15 is 0 Å². The van der Waals surface area contributed by atoms with Crippen LogP contribution in [0.2, 0.25) is 0 Å². The van der Waals surface area contributed by atoms with Crippen molar-refractivity contribution in [3.8, 4) is 11.5 Å². The van der Waals surface area contributed by atoms with Gasteiger partial charge in [-0.05, 0) is 31.9 Å². The zero-order chi connectivity index (χ0) is 22.0. The number of carbonyl (C=O) groups is 2. The summed E-state index contributed by atoms with van der Waals surface area (Å²) in [5.41, 5.74) is 0.0641. The smallest absolute Gasteiger partial charge is 0.251 e. The van der Waals surface area contributed by atoms with Crippen molar-refractivity contribution < 1.29 is 39.9 Å². The van der Waals surface area contributed by atoms with Crippen LogP contribution in [-0.2, 0) is 9.53 Å². The first-order valence-electron chi connectivity index (χ1n) is 10.0. The van der Waals surface area contributed by atoms with Crippen LogP contribution in [0.1, 0.15) is 43.0 Å². The molecule has 1 aromatic rings. The van der Waals surface area contributed by atoms with E-state index in [0.717, 1.165) is 18.9 Å². The van der Waals surface area contributed by atoms with Crippen molar-refractivity contribution in [1.82, 2.24) is 10.6 Å². The summed E-state index contributed by atoms with van der Waals surface area (Å²) in [5, 5.41) is 54.3. The fourth-order valence-electron chi connectivity index (χ4n) is 4.01. The second-order valence-corrected chi connectivity index (χ2v) is 7.95. The maximum Gasteiger partial charge on any atom is 0.251 e. The normalized spacial score (nSPS) is 34.2. The number of hydrogen-bond acceptors (Lipinski definition) is 8. The summed E-state index contributed by atoms with van der Waals surface area (Å²) < 4.78 is 5.42. The van der Waals surface area contributed by atoms with Crippen molar-refractivity contribution in [3.63, 3.8) is 0 Å². The van der Waals surface area contributed by atoms with Gasteiger partial charge in [-0.15, -0.1) is 0 Å². The van der Waals surface area contributed by atoms with Crippen LogP contribution in [0.25, 0.3) is 0 Å². The van der Waals surface area contributed by atoms with E-state index in [1.165, 1.54) is 19.1 Å². The highest BCUT2D eigenvalue weighted by Crippen LogP contribution is 2.27. The monoisotopic (exact) mass is 424 g/mol. The Labute approximate surface area is 173 Å². The summed E-state index contributed by atoms with van der Waals surface area (Å²) in [7, 11) is 0. The molecular formula is C20H28N2O8. The lowest BCUT2D eigenvalue weighted by Gasteiger charge is -2.40. The van der Waals surface area contributed by atoms with E-state index in [1.807, 2.05) is 0 Å². The van der Waals surface area contributed by atoms with Gasteiger partial charge >= 0.3 is 0 Å². The van der Waals surface area contributed by atoms with Gasteiger partial charge in [0.2, 0.25) is 5.91 Å². The molecule has 1 aliphatic carbocycles. The number of phenols is 2. The molecule has 1 saturated carbocycles. The molecule has 10 heteroatoms. The number of nitrogens with one attached hydrogen (secondary N) is 2. The molecule has 1 heterocycles. The van der Waals surface area contributed by atoms with E-state index in [9.17, 15) is 35.1 Å². The predicted octanol–water partition coefficient (Wildman–Crippen LogP) is -0.670. The number of aliphatic hydroxyl groups is 3. The lowest BCUT2D eigenvalue weighted by Crippen LogP contribution is -2.63. The fraction of sp³-hybridized carbons (Fsp3) is 0.600. The second kappa shape index (κ2) is 9.17. The molecule has 2 fully saturated rings. The van der Waals surface area contributed by atoms with E-state index in [4.69, 9.17) is 4.74 Å². The van der Waals surface area contributed by atoms with E-state index in [-0.39, 0.29) is 17.1 Å². The molecule has 2 amide bonds. The Hall–Kier alpha value is -2.40. The maximum absolute atomic E-state index is 12.9. The van der Waals surface area contributed by atoms with Crippen molar-refractivity contribution >= 4 is 11.8 Å². The van der Waals surface area contributed by atoms with Crippen LogP contribution in [0, 0.1) is 5.92 Å². The SMILES string of the molecule is C[C@@H]1O[C@@H](NC(=O)[C@H]2CCCC[C@@H]2NC(=O)c2cc(O)cc(O)c2)[C@@H](O)[C@H](O)[C@@H]1O. The molecule has 0 unspecified atom stereocenters. The van der Waals surface area contributed by atoms with E-state index in [0.29, 0.717) is 12.8 Å². The second-order valence-electron chi connectivity index (χ2n) is 7.95. The Kier molecular flexibility index (Phi) is 6.81. The largest absolute Gasteiger partial charge is 0.508 e. The van der Waals surface area contributed by atoms with Crippen LogP contribution in [0.5, 0.6) is 11.5 Å². The van der Waals surface area contributed by atoms with Crippen LogP contribution in [0.15, 0.2) is 18.2 Å². The van der Waals surface area contributed by atoms with Crippen molar-refractivity contribution in [2.24, 2.45) is 5.92 Å². The summed E-state index contributed by atoms with van der Waals surface area (Å²) in [6.07, 6.45) is -3.54. The number of carbonyl (C=O) groups excluding carboxylic acids is 2. The number of benzene rings is 1. The third kappa shape index (κ3) is 4.84. The lowest BCUT2D eigenvalue weighted by atomic mass is 9.83. The highest BCUT2D eigenvalue weighted by atomic mass is 16.5. The zero-order valence-corrected chi connectivity index (χ0v) is 16.6. The minimum Gasteiger partial charge on any atom is -0.508 e. The maximum atomic E-state index is 12.9. The lowest BCUT2D eigenvalue weighted by molar-refractivity contribution is -0.225. The minimum atomic E-state index is -1.49. The van der Waals surface area contributed by atoms with Crippen molar-refractivity contribution in [2.75, 3.05) is 0 Å². The molecule has 7 atom stereocenters. The number of ether oxygens (including phenoxy) is 1. The molecule has 10 nitrogen and oxygen atoms in total. The molecule has 1 saturated heterocycles. The fourth-order valence-corrected chi connectivity index (χ4v) is 4.01. The molecule has 7 N–H and O–H groups in total. The third-order valence-electron chi connectivity index (χ3n) is 5.72.